The predicted octanol–water partition coefficient (Wildman–Crippen LogP) is 0.965. The third-order valence-corrected chi connectivity index (χ3v) is 3.49. The van der Waals surface area contributed by atoms with E-state index in [4.69, 9.17) is 9.72 Å². The Morgan fingerprint density at radius 1 is 1.32 bits per heavy atom. The maximum atomic E-state index is 5.42. The smallest absolute Gasteiger partial charge is 0.140 e. The van der Waals surface area contributed by atoms with Crippen molar-refractivity contribution < 1.29 is 4.74 Å². The standard InChI is InChI=1S/C14H20N4O/c1-10-3-4-12(13-15-9-11(2)16-13)14(17-10)18-5-7-19-8-6-18/h3-4,11H,5-9H2,1-2H3,(H,15,16). The molecular weight excluding hydrogens is 240 g/mol. The van der Waals surface area contributed by atoms with Crippen LogP contribution in [-0.2, 0) is 4.74 Å². The van der Waals surface area contributed by atoms with Crippen LogP contribution in [0.15, 0.2) is 17.1 Å². The van der Waals surface area contributed by atoms with E-state index in [1.165, 1.54) is 0 Å². The molecule has 1 unspecified atom stereocenters. The summed E-state index contributed by atoms with van der Waals surface area (Å²) in [4.78, 5) is 11.6. The van der Waals surface area contributed by atoms with Crippen molar-refractivity contribution in [3.05, 3.63) is 23.4 Å². The summed E-state index contributed by atoms with van der Waals surface area (Å²) in [7, 11) is 0. The van der Waals surface area contributed by atoms with Crippen molar-refractivity contribution in [3.63, 3.8) is 0 Å². The number of aliphatic imine (C=N–C) groups is 1. The highest BCUT2D eigenvalue weighted by Gasteiger charge is 2.22. The van der Waals surface area contributed by atoms with Gasteiger partial charge in [0.05, 0.1) is 25.3 Å². The molecule has 1 N–H and O–H groups in total. The Balaban J connectivity index is 1.94. The average molecular weight is 260 g/mol. The zero-order chi connectivity index (χ0) is 13.2. The topological polar surface area (TPSA) is 49.8 Å². The van der Waals surface area contributed by atoms with Crippen LogP contribution in [0, 0.1) is 6.92 Å². The molecule has 19 heavy (non-hydrogen) atoms. The van der Waals surface area contributed by atoms with Gasteiger partial charge in [-0.25, -0.2) is 4.98 Å². The Kier molecular flexibility index (Phi) is 3.38. The highest BCUT2D eigenvalue weighted by atomic mass is 16.5. The van der Waals surface area contributed by atoms with Crippen LogP contribution in [0.25, 0.3) is 0 Å². The lowest BCUT2D eigenvalue weighted by atomic mass is 10.2. The Labute approximate surface area is 113 Å². The normalized spacial score (nSPS) is 23.2. The van der Waals surface area contributed by atoms with Gasteiger partial charge in [0.2, 0.25) is 0 Å². The molecular formula is C14H20N4O. The SMILES string of the molecule is Cc1ccc(C2=NCC(C)N2)c(N2CCOCC2)n1. The van der Waals surface area contributed by atoms with Crippen LogP contribution in [0.3, 0.4) is 0 Å². The molecule has 0 aromatic carbocycles. The van der Waals surface area contributed by atoms with Crippen molar-refractivity contribution in [2.75, 3.05) is 37.7 Å². The molecule has 0 amide bonds. The summed E-state index contributed by atoms with van der Waals surface area (Å²) in [5.41, 5.74) is 2.15. The Hall–Kier alpha value is -1.62. The fourth-order valence-electron chi connectivity index (χ4n) is 2.46. The first-order valence-corrected chi connectivity index (χ1v) is 6.86. The van der Waals surface area contributed by atoms with Gasteiger partial charge in [-0.3, -0.25) is 4.99 Å². The summed E-state index contributed by atoms with van der Waals surface area (Å²) in [5, 5.41) is 3.42. The predicted molar refractivity (Wildman–Crippen MR) is 76.0 cm³/mol. The molecule has 2 aliphatic heterocycles. The van der Waals surface area contributed by atoms with Crippen LogP contribution in [0.2, 0.25) is 0 Å². The van der Waals surface area contributed by atoms with Gasteiger partial charge in [-0.1, -0.05) is 0 Å². The number of aryl methyl sites for hydroxylation is 1. The van der Waals surface area contributed by atoms with E-state index in [-0.39, 0.29) is 0 Å². The van der Waals surface area contributed by atoms with E-state index >= 15 is 0 Å². The summed E-state index contributed by atoms with van der Waals surface area (Å²) in [6, 6.07) is 4.58. The van der Waals surface area contributed by atoms with E-state index < -0.39 is 0 Å². The summed E-state index contributed by atoms with van der Waals surface area (Å²) >= 11 is 0. The molecule has 3 heterocycles. The number of nitrogens with one attached hydrogen (secondary N) is 1. The van der Waals surface area contributed by atoms with E-state index in [1.807, 2.05) is 13.0 Å². The molecule has 5 nitrogen and oxygen atoms in total. The molecule has 5 heteroatoms. The molecule has 1 aromatic rings. The van der Waals surface area contributed by atoms with Crippen molar-refractivity contribution in [1.29, 1.82) is 0 Å². The van der Waals surface area contributed by atoms with Gasteiger partial charge in [-0.05, 0) is 26.0 Å². The zero-order valence-electron chi connectivity index (χ0n) is 11.5. The van der Waals surface area contributed by atoms with Gasteiger partial charge in [-0.2, -0.15) is 0 Å². The van der Waals surface area contributed by atoms with E-state index in [9.17, 15) is 0 Å². The average Bonchev–Trinajstić information content (AvgIpc) is 2.86. The third-order valence-electron chi connectivity index (χ3n) is 3.49. The molecule has 1 aromatic heterocycles. The summed E-state index contributed by atoms with van der Waals surface area (Å²) in [5.74, 6) is 2.00. The number of hydrogen-bond donors (Lipinski definition) is 1. The molecule has 0 aliphatic carbocycles. The van der Waals surface area contributed by atoms with Crippen molar-refractivity contribution >= 4 is 11.7 Å². The molecule has 1 atom stereocenters. The van der Waals surface area contributed by atoms with Gasteiger partial charge in [0.1, 0.15) is 11.7 Å². The van der Waals surface area contributed by atoms with Gasteiger partial charge in [0.25, 0.3) is 0 Å². The number of amidine groups is 1. The Bertz CT molecular complexity index is 494. The second kappa shape index (κ2) is 5.17. The molecule has 1 saturated heterocycles. The van der Waals surface area contributed by atoms with E-state index in [1.54, 1.807) is 0 Å². The lowest BCUT2D eigenvalue weighted by molar-refractivity contribution is 0.122. The van der Waals surface area contributed by atoms with Crippen LogP contribution in [0.1, 0.15) is 18.2 Å². The molecule has 2 aliphatic rings. The maximum Gasteiger partial charge on any atom is 0.140 e. The fourth-order valence-corrected chi connectivity index (χ4v) is 2.46. The van der Waals surface area contributed by atoms with Crippen LogP contribution in [0.5, 0.6) is 0 Å². The first-order valence-electron chi connectivity index (χ1n) is 6.86. The maximum absolute atomic E-state index is 5.42. The number of ether oxygens (including phenoxy) is 1. The Morgan fingerprint density at radius 3 is 2.79 bits per heavy atom. The Morgan fingerprint density at radius 2 is 2.11 bits per heavy atom. The first kappa shape index (κ1) is 12.4. The number of rotatable bonds is 2. The summed E-state index contributed by atoms with van der Waals surface area (Å²) in [6.45, 7) is 8.34. The minimum absolute atomic E-state index is 0.411. The van der Waals surface area contributed by atoms with E-state index in [2.05, 4.69) is 28.2 Å². The van der Waals surface area contributed by atoms with E-state index in [0.29, 0.717) is 6.04 Å². The molecule has 0 radical (unpaired) electrons. The number of pyridine rings is 1. The van der Waals surface area contributed by atoms with Crippen molar-refractivity contribution in [2.24, 2.45) is 4.99 Å². The number of morpholine rings is 1. The molecule has 0 saturated carbocycles. The van der Waals surface area contributed by atoms with Gasteiger partial charge in [0, 0.05) is 24.8 Å². The quantitative estimate of drug-likeness (QED) is 0.860. The largest absolute Gasteiger partial charge is 0.378 e. The molecule has 1 fully saturated rings. The highest BCUT2D eigenvalue weighted by molar-refractivity contribution is 6.04. The van der Waals surface area contributed by atoms with Crippen LogP contribution in [0.4, 0.5) is 5.82 Å². The van der Waals surface area contributed by atoms with Crippen LogP contribution in [-0.4, -0.2) is 49.7 Å². The second-order valence-corrected chi connectivity index (χ2v) is 5.16. The van der Waals surface area contributed by atoms with Gasteiger partial charge < -0.3 is 15.0 Å². The number of aromatic nitrogens is 1. The van der Waals surface area contributed by atoms with Crippen LogP contribution >= 0.6 is 0 Å². The molecule has 102 valence electrons. The lowest BCUT2D eigenvalue weighted by Gasteiger charge is -2.29. The summed E-state index contributed by atoms with van der Waals surface area (Å²) < 4.78 is 5.42. The van der Waals surface area contributed by atoms with Crippen molar-refractivity contribution in [3.8, 4) is 0 Å². The number of nitrogens with zero attached hydrogens (tertiary/aromatic N) is 3. The van der Waals surface area contributed by atoms with Gasteiger partial charge in [-0.15, -0.1) is 0 Å². The number of hydrogen-bond acceptors (Lipinski definition) is 5. The first-order chi connectivity index (χ1) is 9.24. The minimum atomic E-state index is 0.411. The van der Waals surface area contributed by atoms with Crippen molar-refractivity contribution in [1.82, 2.24) is 10.3 Å². The van der Waals surface area contributed by atoms with E-state index in [0.717, 1.165) is 55.8 Å². The second-order valence-electron chi connectivity index (χ2n) is 5.16. The lowest BCUT2D eigenvalue weighted by Crippen LogP contribution is -2.38. The summed E-state index contributed by atoms with van der Waals surface area (Å²) in [6.07, 6.45) is 0. The third kappa shape index (κ3) is 2.56. The molecule has 0 spiro atoms. The fraction of sp³-hybridized carbons (Fsp3) is 0.571. The monoisotopic (exact) mass is 260 g/mol. The molecule has 0 bridgehead atoms. The number of anilines is 1. The van der Waals surface area contributed by atoms with Gasteiger partial charge >= 0.3 is 0 Å². The zero-order valence-corrected chi connectivity index (χ0v) is 11.5. The highest BCUT2D eigenvalue weighted by Crippen LogP contribution is 2.21. The van der Waals surface area contributed by atoms with Crippen LogP contribution < -0.4 is 10.2 Å². The van der Waals surface area contributed by atoms with Crippen molar-refractivity contribution in [2.45, 2.75) is 19.9 Å². The molecule has 3 rings (SSSR count). The van der Waals surface area contributed by atoms with Gasteiger partial charge in [0.15, 0.2) is 0 Å². The minimum Gasteiger partial charge on any atom is -0.378 e.